The zero-order chi connectivity index (χ0) is 14.2. The lowest BCUT2D eigenvalue weighted by Gasteiger charge is -2.47. The average Bonchev–Trinajstić information content (AvgIpc) is 2.94. The van der Waals surface area contributed by atoms with Gasteiger partial charge < -0.3 is 15.2 Å². The predicted octanol–water partition coefficient (Wildman–Crippen LogP) is 1.05. The van der Waals surface area contributed by atoms with E-state index in [1.54, 1.807) is 0 Å². The van der Waals surface area contributed by atoms with Crippen LogP contribution in [0.15, 0.2) is 0 Å². The molecule has 3 rings (SSSR count). The van der Waals surface area contributed by atoms with Crippen LogP contribution in [-0.2, 0) is 14.3 Å². The summed E-state index contributed by atoms with van der Waals surface area (Å²) in [4.78, 5) is 14.5. The van der Waals surface area contributed by atoms with Gasteiger partial charge in [-0.3, -0.25) is 9.69 Å². The van der Waals surface area contributed by atoms with Crippen LogP contribution in [0.3, 0.4) is 0 Å². The van der Waals surface area contributed by atoms with E-state index in [4.69, 9.17) is 15.2 Å². The lowest BCUT2D eigenvalue weighted by atomic mass is 9.78. The molecule has 1 heterocycles. The van der Waals surface area contributed by atoms with Crippen LogP contribution in [0.5, 0.6) is 0 Å². The van der Waals surface area contributed by atoms with Crippen LogP contribution in [0, 0.1) is 0 Å². The van der Waals surface area contributed by atoms with Crippen molar-refractivity contribution in [2.45, 2.75) is 68.7 Å². The Bertz CT molecular complexity index is 376. The van der Waals surface area contributed by atoms with Crippen molar-refractivity contribution in [3.05, 3.63) is 0 Å². The fourth-order valence-corrected chi connectivity index (χ4v) is 4.36. The number of fused-ring (bicyclic) bond motifs is 1. The number of esters is 1. The maximum absolute atomic E-state index is 12.0. The highest BCUT2D eigenvalue weighted by molar-refractivity contribution is 5.80. The minimum atomic E-state index is -0.788. The Balaban J connectivity index is 1.71. The van der Waals surface area contributed by atoms with Crippen LogP contribution in [0.25, 0.3) is 0 Å². The molecule has 1 aliphatic heterocycles. The SMILES string of the molecule is COC(=O)C1(N)CCCC(N2CCOC3CCCC32)C1. The number of nitrogens with two attached hydrogens (primary N) is 1. The lowest BCUT2D eigenvalue weighted by molar-refractivity contribution is -0.150. The summed E-state index contributed by atoms with van der Waals surface area (Å²) in [5, 5.41) is 0. The first-order valence-electron chi connectivity index (χ1n) is 7.89. The Kier molecular flexibility index (Phi) is 4.02. The van der Waals surface area contributed by atoms with E-state index in [9.17, 15) is 4.79 Å². The number of hydrogen-bond acceptors (Lipinski definition) is 5. The van der Waals surface area contributed by atoms with Gasteiger partial charge in [0.2, 0.25) is 0 Å². The van der Waals surface area contributed by atoms with Crippen molar-refractivity contribution in [2.75, 3.05) is 20.3 Å². The first-order valence-corrected chi connectivity index (χ1v) is 7.89. The monoisotopic (exact) mass is 282 g/mol. The van der Waals surface area contributed by atoms with Crippen LogP contribution in [-0.4, -0.2) is 54.9 Å². The van der Waals surface area contributed by atoms with E-state index < -0.39 is 5.54 Å². The summed E-state index contributed by atoms with van der Waals surface area (Å²) in [6, 6.07) is 0.941. The average molecular weight is 282 g/mol. The third-order valence-corrected chi connectivity index (χ3v) is 5.35. The van der Waals surface area contributed by atoms with E-state index in [0.717, 1.165) is 38.8 Å². The molecule has 0 bridgehead atoms. The molecule has 0 amide bonds. The molecule has 114 valence electrons. The smallest absolute Gasteiger partial charge is 0.325 e. The Morgan fingerprint density at radius 2 is 2.20 bits per heavy atom. The van der Waals surface area contributed by atoms with Gasteiger partial charge in [0.25, 0.3) is 0 Å². The largest absolute Gasteiger partial charge is 0.468 e. The van der Waals surface area contributed by atoms with Crippen molar-refractivity contribution >= 4 is 5.97 Å². The Labute approximate surface area is 120 Å². The molecule has 20 heavy (non-hydrogen) atoms. The van der Waals surface area contributed by atoms with Crippen molar-refractivity contribution in [1.82, 2.24) is 4.90 Å². The molecule has 0 radical (unpaired) electrons. The van der Waals surface area contributed by atoms with Gasteiger partial charge in [-0.25, -0.2) is 0 Å². The number of carbonyl (C=O) groups is 1. The third kappa shape index (κ3) is 2.47. The first-order chi connectivity index (χ1) is 9.64. The standard InChI is InChI=1S/C15H26N2O3/c1-19-14(18)15(16)7-3-4-11(10-15)17-8-9-20-13-6-2-5-12(13)17/h11-13H,2-10,16H2,1H3. The van der Waals surface area contributed by atoms with Gasteiger partial charge >= 0.3 is 5.97 Å². The van der Waals surface area contributed by atoms with Gasteiger partial charge in [-0.15, -0.1) is 0 Å². The van der Waals surface area contributed by atoms with E-state index in [2.05, 4.69) is 4.90 Å². The van der Waals surface area contributed by atoms with Crippen molar-refractivity contribution in [2.24, 2.45) is 5.73 Å². The minimum absolute atomic E-state index is 0.251. The number of carbonyl (C=O) groups excluding carboxylic acids is 1. The zero-order valence-corrected chi connectivity index (χ0v) is 12.3. The van der Waals surface area contributed by atoms with E-state index in [0.29, 0.717) is 18.2 Å². The first kappa shape index (κ1) is 14.3. The number of ether oxygens (including phenoxy) is 2. The quantitative estimate of drug-likeness (QED) is 0.767. The molecule has 2 saturated carbocycles. The van der Waals surface area contributed by atoms with Crippen LogP contribution >= 0.6 is 0 Å². The Hall–Kier alpha value is -0.650. The summed E-state index contributed by atoms with van der Waals surface area (Å²) in [7, 11) is 1.43. The maximum Gasteiger partial charge on any atom is 0.325 e. The number of methoxy groups -OCH3 is 1. The van der Waals surface area contributed by atoms with Crippen molar-refractivity contribution in [3.8, 4) is 0 Å². The molecule has 5 heteroatoms. The van der Waals surface area contributed by atoms with Crippen LogP contribution in [0.1, 0.15) is 44.9 Å². The molecule has 0 aromatic rings. The number of morpholine rings is 1. The number of rotatable bonds is 2. The molecule has 4 atom stereocenters. The molecule has 3 fully saturated rings. The summed E-state index contributed by atoms with van der Waals surface area (Å²) < 4.78 is 10.8. The van der Waals surface area contributed by atoms with Crippen LogP contribution in [0.4, 0.5) is 0 Å². The Morgan fingerprint density at radius 1 is 1.35 bits per heavy atom. The van der Waals surface area contributed by atoms with E-state index in [1.807, 2.05) is 0 Å². The molecule has 0 spiro atoms. The van der Waals surface area contributed by atoms with Crippen LogP contribution in [0.2, 0.25) is 0 Å². The highest BCUT2D eigenvalue weighted by atomic mass is 16.5. The zero-order valence-electron chi connectivity index (χ0n) is 12.3. The molecule has 0 aromatic carbocycles. The normalized spacial score (nSPS) is 42.2. The van der Waals surface area contributed by atoms with Gasteiger partial charge in [0, 0.05) is 18.6 Å². The van der Waals surface area contributed by atoms with E-state index in [-0.39, 0.29) is 5.97 Å². The molecule has 5 nitrogen and oxygen atoms in total. The van der Waals surface area contributed by atoms with Gasteiger partial charge in [-0.05, 0) is 44.9 Å². The molecule has 2 N–H and O–H groups in total. The molecular formula is C15H26N2O3. The van der Waals surface area contributed by atoms with Gasteiger partial charge in [-0.1, -0.05) is 0 Å². The molecule has 3 aliphatic rings. The summed E-state index contributed by atoms with van der Waals surface area (Å²) in [6.07, 6.45) is 7.66. The second-order valence-electron chi connectivity index (χ2n) is 6.54. The summed E-state index contributed by atoms with van der Waals surface area (Å²) >= 11 is 0. The topological polar surface area (TPSA) is 64.8 Å². The lowest BCUT2D eigenvalue weighted by Crippen LogP contribution is -2.60. The van der Waals surface area contributed by atoms with Gasteiger partial charge in [0.05, 0.1) is 19.8 Å². The second kappa shape index (κ2) is 5.62. The minimum Gasteiger partial charge on any atom is -0.468 e. The van der Waals surface area contributed by atoms with Crippen LogP contribution < -0.4 is 5.73 Å². The summed E-state index contributed by atoms with van der Waals surface area (Å²) in [5.41, 5.74) is 5.53. The van der Waals surface area contributed by atoms with E-state index >= 15 is 0 Å². The fourth-order valence-electron chi connectivity index (χ4n) is 4.36. The van der Waals surface area contributed by atoms with Gasteiger partial charge in [0.1, 0.15) is 5.54 Å². The molecule has 2 aliphatic carbocycles. The maximum atomic E-state index is 12.0. The van der Waals surface area contributed by atoms with E-state index in [1.165, 1.54) is 26.4 Å². The molecule has 0 aromatic heterocycles. The van der Waals surface area contributed by atoms with Crippen molar-refractivity contribution in [1.29, 1.82) is 0 Å². The third-order valence-electron chi connectivity index (χ3n) is 5.35. The summed E-state index contributed by atoms with van der Waals surface area (Å²) in [5.74, 6) is -0.251. The highest BCUT2D eigenvalue weighted by Gasteiger charge is 2.46. The highest BCUT2D eigenvalue weighted by Crippen LogP contribution is 2.37. The number of hydrogen-bond donors (Lipinski definition) is 1. The molecule has 1 saturated heterocycles. The Morgan fingerprint density at radius 3 is 3.00 bits per heavy atom. The summed E-state index contributed by atoms with van der Waals surface area (Å²) in [6.45, 7) is 1.79. The van der Waals surface area contributed by atoms with Gasteiger partial charge in [0.15, 0.2) is 0 Å². The van der Waals surface area contributed by atoms with Crippen molar-refractivity contribution < 1.29 is 14.3 Å². The van der Waals surface area contributed by atoms with Crippen molar-refractivity contribution in [3.63, 3.8) is 0 Å². The number of nitrogens with zero attached hydrogens (tertiary/aromatic N) is 1. The second-order valence-corrected chi connectivity index (χ2v) is 6.54. The fraction of sp³-hybridized carbons (Fsp3) is 0.933. The molecular weight excluding hydrogens is 256 g/mol. The molecule has 4 unspecified atom stereocenters. The predicted molar refractivity (Wildman–Crippen MR) is 75.3 cm³/mol. The van der Waals surface area contributed by atoms with Gasteiger partial charge in [-0.2, -0.15) is 0 Å².